The van der Waals surface area contributed by atoms with Gasteiger partial charge in [0.05, 0.1) is 43.4 Å². The predicted molar refractivity (Wildman–Crippen MR) is 171 cm³/mol. The van der Waals surface area contributed by atoms with Crippen molar-refractivity contribution in [3.8, 4) is 16.9 Å². The SMILES string of the molecule is COc1ccc2c(ccc(/C=C3\Sc4ccc(-c5ccccc5)cc4N3CCCCS(=O)(=O)[O-])[n+]2CCCCS(=O)(=O)[O-])c1. The quantitative estimate of drug-likeness (QED) is 0.106. The van der Waals surface area contributed by atoms with Gasteiger partial charge in [-0.3, -0.25) is 0 Å². The van der Waals surface area contributed by atoms with Crippen LogP contribution in [0.5, 0.6) is 5.75 Å². The molecule has 0 aliphatic carbocycles. The van der Waals surface area contributed by atoms with E-state index in [1.807, 2.05) is 48.5 Å². The van der Waals surface area contributed by atoms with Crippen molar-refractivity contribution in [2.75, 3.05) is 30.1 Å². The number of anilines is 1. The molecule has 1 aromatic heterocycles. The van der Waals surface area contributed by atoms with Gasteiger partial charge in [-0.1, -0.05) is 48.2 Å². The third-order valence-corrected chi connectivity index (χ3v) is 10.1. The van der Waals surface area contributed by atoms with E-state index >= 15 is 0 Å². The Bertz CT molecular complexity index is 1890. The number of fused-ring (bicyclic) bond motifs is 2. The Kier molecular flexibility index (Phi) is 9.96. The number of thioether (sulfide) groups is 1. The second-order valence-electron chi connectivity index (χ2n) is 10.6. The van der Waals surface area contributed by atoms with Crippen molar-refractivity contribution < 1.29 is 35.2 Å². The van der Waals surface area contributed by atoms with Gasteiger partial charge in [-0.05, 0) is 60.7 Å². The molecule has 0 bridgehead atoms. The fourth-order valence-electron chi connectivity index (χ4n) is 5.29. The molecule has 0 amide bonds. The van der Waals surface area contributed by atoms with E-state index in [1.54, 1.807) is 18.9 Å². The summed E-state index contributed by atoms with van der Waals surface area (Å²) in [6.07, 6.45) is 3.59. The zero-order valence-corrected chi connectivity index (χ0v) is 26.7. The average Bonchev–Trinajstić information content (AvgIpc) is 3.33. The summed E-state index contributed by atoms with van der Waals surface area (Å²) >= 11 is 1.61. The van der Waals surface area contributed by atoms with Crippen LogP contribution >= 0.6 is 11.8 Å². The van der Waals surface area contributed by atoms with E-state index in [9.17, 15) is 25.9 Å². The number of aryl methyl sites for hydroxylation is 1. The molecule has 0 spiro atoms. The van der Waals surface area contributed by atoms with Crippen molar-refractivity contribution in [3.63, 3.8) is 0 Å². The number of unbranched alkanes of at least 4 members (excludes halogenated alkanes) is 2. The Morgan fingerprint density at radius 2 is 1.55 bits per heavy atom. The second kappa shape index (κ2) is 13.7. The first-order valence-electron chi connectivity index (χ1n) is 14.2. The maximum atomic E-state index is 11.2. The molecule has 3 aromatic carbocycles. The van der Waals surface area contributed by atoms with Gasteiger partial charge in [0.15, 0.2) is 0 Å². The summed E-state index contributed by atoms with van der Waals surface area (Å²) in [6, 6.07) is 26.1. The summed E-state index contributed by atoms with van der Waals surface area (Å²) in [5.74, 6) is -0.100. The minimum atomic E-state index is -4.30. The van der Waals surface area contributed by atoms with E-state index in [1.165, 1.54) is 0 Å². The first kappa shape index (κ1) is 32.0. The number of hydrogen-bond donors (Lipinski definition) is 0. The van der Waals surface area contributed by atoms with E-state index in [-0.39, 0.29) is 12.8 Å². The molecule has 0 N–H and O–H groups in total. The fraction of sp³-hybridized carbons (Fsp3) is 0.281. The summed E-state index contributed by atoms with van der Waals surface area (Å²) in [6.45, 7) is 1.02. The lowest BCUT2D eigenvalue weighted by atomic mass is 10.0. The fourth-order valence-corrected chi connectivity index (χ4v) is 7.52. The number of pyridine rings is 1. The topological polar surface area (TPSA) is 131 Å². The van der Waals surface area contributed by atoms with E-state index < -0.39 is 31.7 Å². The number of nitrogens with zero attached hydrogens (tertiary/aromatic N) is 2. The Balaban J connectivity index is 1.52. The van der Waals surface area contributed by atoms with Crippen molar-refractivity contribution in [2.24, 2.45) is 0 Å². The minimum absolute atomic E-state index is 0.249. The highest BCUT2D eigenvalue weighted by Gasteiger charge is 2.27. The van der Waals surface area contributed by atoms with Gasteiger partial charge in [0.25, 0.3) is 0 Å². The van der Waals surface area contributed by atoms with Gasteiger partial charge in [-0.2, -0.15) is 4.57 Å². The van der Waals surface area contributed by atoms with Crippen LogP contribution in [0.15, 0.2) is 88.8 Å². The lowest BCUT2D eigenvalue weighted by Gasteiger charge is -2.21. The number of methoxy groups -OCH3 is 1. The molecule has 12 heteroatoms. The van der Waals surface area contributed by atoms with Crippen molar-refractivity contribution in [1.82, 2.24) is 0 Å². The first-order chi connectivity index (χ1) is 21.0. The first-order valence-corrected chi connectivity index (χ1v) is 18.2. The molecule has 0 fully saturated rings. The number of benzene rings is 3. The van der Waals surface area contributed by atoms with Crippen LogP contribution in [-0.4, -0.2) is 51.1 Å². The van der Waals surface area contributed by atoms with Crippen molar-refractivity contribution in [2.45, 2.75) is 37.1 Å². The van der Waals surface area contributed by atoms with Crippen LogP contribution in [0, 0.1) is 0 Å². The minimum Gasteiger partial charge on any atom is -0.748 e. The smallest absolute Gasteiger partial charge is 0.213 e. The molecule has 4 aromatic rings. The lowest BCUT2D eigenvalue weighted by molar-refractivity contribution is -0.673. The molecule has 1 aliphatic rings. The van der Waals surface area contributed by atoms with E-state index in [0.717, 1.165) is 49.1 Å². The second-order valence-corrected chi connectivity index (χ2v) is 14.7. The molecule has 9 nitrogen and oxygen atoms in total. The average molecular weight is 654 g/mol. The Morgan fingerprint density at radius 1 is 0.818 bits per heavy atom. The monoisotopic (exact) mass is 653 g/mol. The van der Waals surface area contributed by atoms with Gasteiger partial charge in [0, 0.05) is 47.6 Å². The van der Waals surface area contributed by atoms with Crippen LogP contribution in [0.2, 0.25) is 0 Å². The third kappa shape index (κ3) is 8.19. The van der Waals surface area contributed by atoms with Crippen LogP contribution < -0.4 is 14.2 Å². The van der Waals surface area contributed by atoms with Crippen molar-refractivity contribution >= 4 is 54.7 Å². The summed E-state index contributed by atoms with van der Waals surface area (Å²) in [4.78, 5) is 3.22. The van der Waals surface area contributed by atoms with Crippen LogP contribution in [0.3, 0.4) is 0 Å². The zero-order chi connectivity index (χ0) is 31.3. The van der Waals surface area contributed by atoms with E-state index in [4.69, 9.17) is 4.74 Å². The molecule has 44 heavy (non-hydrogen) atoms. The van der Waals surface area contributed by atoms with Crippen LogP contribution in [-0.2, 0) is 26.8 Å². The molecule has 0 unspecified atom stereocenters. The highest BCUT2D eigenvalue weighted by molar-refractivity contribution is 8.03. The van der Waals surface area contributed by atoms with Crippen LogP contribution in [0.25, 0.3) is 28.1 Å². The van der Waals surface area contributed by atoms with E-state index in [0.29, 0.717) is 25.9 Å². The molecule has 1 aliphatic heterocycles. The van der Waals surface area contributed by atoms with Crippen LogP contribution in [0.4, 0.5) is 5.69 Å². The molecular formula is C32H33N2O7S3-. The third-order valence-electron chi connectivity index (χ3n) is 7.43. The number of aromatic nitrogens is 1. The summed E-state index contributed by atoms with van der Waals surface area (Å²) in [7, 11) is -6.98. The Morgan fingerprint density at radius 3 is 2.25 bits per heavy atom. The lowest BCUT2D eigenvalue weighted by Crippen LogP contribution is -2.38. The standard InChI is InChI=1S/C32H34N2O7S3/c1-41-28-14-15-29-26(21-28)11-13-27(33(29)17-5-7-19-43(35,36)37)23-32-34(18-6-8-20-44(38,39)40)30-22-25(12-16-31(30)42-32)24-9-3-2-4-10-24/h2-4,9-16,21-23H,5-8,17-20H2,1H3,(H-,35,36,37,38,39,40)/p-1. The highest BCUT2D eigenvalue weighted by Crippen LogP contribution is 2.48. The van der Waals surface area contributed by atoms with E-state index in [2.05, 4.69) is 45.9 Å². The normalized spacial score (nSPS) is 14.3. The molecule has 0 saturated heterocycles. The van der Waals surface area contributed by atoms with Crippen molar-refractivity contribution in [1.29, 1.82) is 0 Å². The summed E-state index contributed by atoms with van der Waals surface area (Å²) in [5, 5.41) is 1.90. The van der Waals surface area contributed by atoms with Gasteiger partial charge < -0.3 is 18.7 Å². The number of ether oxygens (including phenoxy) is 1. The maximum absolute atomic E-state index is 11.2. The zero-order valence-electron chi connectivity index (χ0n) is 24.2. The van der Waals surface area contributed by atoms with Gasteiger partial charge >= 0.3 is 0 Å². The molecule has 0 radical (unpaired) electrons. The molecule has 0 saturated carbocycles. The largest absolute Gasteiger partial charge is 0.748 e. The number of rotatable bonds is 13. The Hall–Kier alpha value is -3.42. The molecular weight excluding hydrogens is 621 g/mol. The molecule has 5 rings (SSSR count). The predicted octanol–water partition coefficient (Wildman–Crippen LogP) is 5.36. The summed E-state index contributed by atoms with van der Waals surface area (Å²) < 4.78 is 74.8. The molecule has 2 heterocycles. The van der Waals surface area contributed by atoms with Gasteiger partial charge in [-0.25, -0.2) is 16.8 Å². The summed E-state index contributed by atoms with van der Waals surface area (Å²) in [5.41, 5.74) is 4.97. The maximum Gasteiger partial charge on any atom is 0.213 e. The van der Waals surface area contributed by atoms with Crippen molar-refractivity contribution in [3.05, 3.63) is 89.6 Å². The van der Waals surface area contributed by atoms with Gasteiger partial charge in [-0.15, -0.1) is 0 Å². The highest BCUT2D eigenvalue weighted by atomic mass is 32.2. The molecule has 232 valence electrons. The van der Waals surface area contributed by atoms with Gasteiger partial charge in [0.2, 0.25) is 11.2 Å². The van der Waals surface area contributed by atoms with Gasteiger partial charge in [0.1, 0.15) is 12.3 Å². The number of hydrogen-bond acceptors (Lipinski definition) is 9. The molecule has 0 atom stereocenters. The van der Waals surface area contributed by atoms with Crippen LogP contribution in [0.1, 0.15) is 31.4 Å². The Labute approximate surface area is 262 Å².